The van der Waals surface area contributed by atoms with Gasteiger partial charge in [0.1, 0.15) is 6.33 Å². The van der Waals surface area contributed by atoms with E-state index in [1.54, 1.807) is 12.3 Å². The minimum Gasteiger partial charge on any atom is -0.478 e. The molecule has 12 heavy (non-hydrogen) atoms. The Bertz CT molecular complexity index is 461. The molecule has 0 fully saturated rings. The molecule has 0 aliphatic rings. The van der Waals surface area contributed by atoms with Crippen molar-refractivity contribution >= 4 is 15.0 Å². The van der Waals surface area contributed by atoms with Gasteiger partial charge in [0.05, 0.1) is 9.47 Å². The van der Waals surface area contributed by atoms with Gasteiger partial charge in [-0.25, -0.2) is 4.52 Å². The van der Waals surface area contributed by atoms with Gasteiger partial charge in [-0.3, -0.25) is 4.79 Å². The molecule has 0 aliphatic heterocycles. The van der Waals surface area contributed by atoms with Gasteiger partial charge in [-0.15, -0.1) is 0 Å². The van der Waals surface area contributed by atoms with E-state index in [-0.39, 0.29) is 5.56 Å². The van der Waals surface area contributed by atoms with E-state index < -0.39 is 0 Å². The molecule has 2 rings (SSSR count). The standard InChI is InChI=1S/C6H6N3O2P/c10-6-5-4(11-12)1-2-9(5)8-3-7-6/h1-3H,12H2,(H,7,8,10). The number of rotatable bonds is 1. The number of fused-ring (bicyclic) bond motifs is 1. The van der Waals surface area contributed by atoms with Gasteiger partial charge in [-0.05, 0) is 0 Å². The first kappa shape index (κ1) is 7.31. The molecule has 6 heteroatoms. The predicted molar refractivity (Wildman–Crippen MR) is 46.2 cm³/mol. The van der Waals surface area contributed by atoms with E-state index >= 15 is 0 Å². The topological polar surface area (TPSA) is 59.4 Å². The number of hydrogen-bond acceptors (Lipinski definition) is 3. The summed E-state index contributed by atoms with van der Waals surface area (Å²) in [6, 6.07) is 1.67. The van der Waals surface area contributed by atoms with Crippen LogP contribution in [-0.2, 0) is 0 Å². The number of aromatic nitrogens is 3. The molecule has 0 saturated heterocycles. The maximum absolute atomic E-state index is 11.2. The van der Waals surface area contributed by atoms with Crippen LogP contribution in [0.2, 0.25) is 0 Å². The zero-order chi connectivity index (χ0) is 8.55. The SMILES string of the molecule is O=c1[nH]cnn2ccc(OP)c12. The molecule has 0 radical (unpaired) electrons. The highest BCUT2D eigenvalue weighted by molar-refractivity contribution is 7.10. The van der Waals surface area contributed by atoms with Gasteiger partial charge >= 0.3 is 0 Å². The van der Waals surface area contributed by atoms with Crippen LogP contribution in [0, 0.1) is 0 Å². The van der Waals surface area contributed by atoms with E-state index in [4.69, 9.17) is 4.52 Å². The second-order valence-corrected chi connectivity index (χ2v) is 2.44. The van der Waals surface area contributed by atoms with Gasteiger partial charge in [0.15, 0.2) is 11.3 Å². The Morgan fingerprint density at radius 2 is 2.50 bits per heavy atom. The van der Waals surface area contributed by atoms with Crippen molar-refractivity contribution in [1.82, 2.24) is 14.6 Å². The number of hydrogen-bond donors (Lipinski definition) is 1. The molecule has 5 nitrogen and oxygen atoms in total. The van der Waals surface area contributed by atoms with Gasteiger partial charge in [-0.1, -0.05) is 0 Å². The third-order valence-corrected chi connectivity index (χ3v) is 1.80. The predicted octanol–water partition coefficient (Wildman–Crippen LogP) is 0.191. The summed E-state index contributed by atoms with van der Waals surface area (Å²) in [5, 5.41) is 3.88. The summed E-state index contributed by atoms with van der Waals surface area (Å²) in [5.41, 5.74) is 0.194. The van der Waals surface area contributed by atoms with Crippen LogP contribution in [0.25, 0.3) is 5.52 Å². The minimum atomic E-state index is -0.215. The average molecular weight is 183 g/mol. The van der Waals surface area contributed by atoms with Crippen molar-refractivity contribution in [3.05, 3.63) is 28.9 Å². The monoisotopic (exact) mass is 183 g/mol. The Morgan fingerprint density at radius 1 is 1.67 bits per heavy atom. The lowest BCUT2D eigenvalue weighted by molar-refractivity contribution is 0.652. The lowest BCUT2D eigenvalue weighted by Crippen LogP contribution is -2.10. The lowest BCUT2D eigenvalue weighted by Gasteiger charge is -1.94. The first-order chi connectivity index (χ1) is 5.83. The van der Waals surface area contributed by atoms with Crippen molar-refractivity contribution in [2.24, 2.45) is 0 Å². The molecule has 0 saturated carbocycles. The van der Waals surface area contributed by atoms with E-state index in [1.807, 2.05) is 0 Å². The Labute approximate surface area is 69.6 Å². The number of nitrogens with one attached hydrogen (secondary N) is 1. The number of H-pyrrole nitrogens is 1. The van der Waals surface area contributed by atoms with E-state index in [0.717, 1.165) is 0 Å². The molecule has 1 unspecified atom stereocenters. The molecule has 0 aliphatic carbocycles. The fourth-order valence-electron chi connectivity index (χ4n) is 1.03. The summed E-state index contributed by atoms with van der Waals surface area (Å²) in [4.78, 5) is 13.7. The molecule has 0 aromatic carbocycles. The molecule has 2 aromatic heterocycles. The molecule has 0 bridgehead atoms. The normalized spacial score (nSPS) is 10.4. The van der Waals surface area contributed by atoms with E-state index in [1.165, 1.54) is 10.8 Å². The van der Waals surface area contributed by atoms with Gasteiger partial charge in [-0.2, -0.15) is 5.10 Å². The first-order valence-corrected chi connectivity index (χ1v) is 3.72. The van der Waals surface area contributed by atoms with Crippen molar-refractivity contribution in [1.29, 1.82) is 0 Å². The van der Waals surface area contributed by atoms with Crippen LogP contribution in [0.1, 0.15) is 0 Å². The second kappa shape index (κ2) is 2.60. The van der Waals surface area contributed by atoms with Crippen LogP contribution in [-0.4, -0.2) is 14.6 Å². The number of aromatic amines is 1. The molecule has 0 spiro atoms. The second-order valence-electron chi connectivity index (χ2n) is 2.21. The Balaban J connectivity index is 2.92. The van der Waals surface area contributed by atoms with E-state index in [9.17, 15) is 4.79 Å². The zero-order valence-electron chi connectivity index (χ0n) is 6.02. The van der Waals surface area contributed by atoms with Gasteiger partial charge in [0.25, 0.3) is 5.56 Å². The van der Waals surface area contributed by atoms with E-state index in [2.05, 4.69) is 19.5 Å². The Morgan fingerprint density at radius 3 is 3.25 bits per heavy atom. The molecular weight excluding hydrogens is 177 g/mol. The minimum absolute atomic E-state index is 0.215. The maximum atomic E-state index is 11.2. The number of nitrogens with zero attached hydrogens (tertiary/aromatic N) is 2. The van der Waals surface area contributed by atoms with Crippen LogP contribution in [0.15, 0.2) is 23.4 Å². The lowest BCUT2D eigenvalue weighted by atomic mass is 10.5. The summed E-state index contributed by atoms with van der Waals surface area (Å²) in [7, 11) is 2.09. The molecule has 1 N–H and O–H groups in total. The van der Waals surface area contributed by atoms with Crippen LogP contribution in [0.4, 0.5) is 0 Å². The summed E-state index contributed by atoms with van der Waals surface area (Å²) in [6.45, 7) is 0. The summed E-state index contributed by atoms with van der Waals surface area (Å²) in [6.07, 6.45) is 2.99. The van der Waals surface area contributed by atoms with Crippen molar-refractivity contribution in [3.8, 4) is 5.75 Å². The van der Waals surface area contributed by atoms with Crippen molar-refractivity contribution in [3.63, 3.8) is 0 Å². The van der Waals surface area contributed by atoms with Crippen LogP contribution in [0.5, 0.6) is 5.75 Å². The van der Waals surface area contributed by atoms with Gasteiger partial charge in [0, 0.05) is 12.3 Å². The summed E-state index contributed by atoms with van der Waals surface area (Å²) >= 11 is 0. The average Bonchev–Trinajstić information content (AvgIpc) is 2.49. The fourth-order valence-corrected chi connectivity index (χ4v) is 1.22. The fraction of sp³-hybridized carbons (Fsp3) is 0. The van der Waals surface area contributed by atoms with Crippen molar-refractivity contribution in [2.45, 2.75) is 0 Å². The summed E-state index contributed by atoms with van der Waals surface area (Å²) in [5.74, 6) is 0.495. The highest BCUT2D eigenvalue weighted by atomic mass is 31.0. The largest absolute Gasteiger partial charge is 0.478 e. The third kappa shape index (κ3) is 0.905. The quantitative estimate of drug-likeness (QED) is 0.642. The molecular formula is C6H6N3O2P. The van der Waals surface area contributed by atoms with Crippen LogP contribution >= 0.6 is 9.47 Å². The van der Waals surface area contributed by atoms with Gasteiger partial charge in [0.2, 0.25) is 0 Å². The van der Waals surface area contributed by atoms with Crippen molar-refractivity contribution in [2.75, 3.05) is 0 Å². The first-order valence-electron chi connectivity index (χ1n) is 3.24. The molecule has 2 heterocycles. The molecule has 62 valence electrons. The highest BCUT2D eigenvalue weighted by Gasteiger charge is 2.05. The highest BCUT2D eigenvalue weighted by Crippen LogP contribution is 2.17. The third-order valence-electron chi connectivity index (χ3n) is 1.55. The Hall–Kier alpha value is -1.35. The van der Waals surface area contributed by atoms with E-state index in [0.29, 0.717) is 11.3 Å². The van der Waals surface area contributed by atoms with Crippen LogP contribution < -0.4 is 10.1 Å². The summed E-state index contributed by atoms with van der Waals surface area (Å²) < 4.78 is 6.34. The molecule has 2 aromatic rings. The zero-order valence-corrected chi connectivity index (χ0v) is 7.18. The van der Waals surface area contributed by atoms with Crippen molar-refractivity contribution < 1.29 is 4.52 Å². The van der Waals surface area contributed by atoms with Gasteiger partial charge < -0.3 is 9.51 Å². The maximum Gasteiger partial charge on any atom is 0.278 e. The van der Waals surface area contributed by atoms with Crippen LogP contribution in [0.3, 0.4) is 0 Å². The molecule has 0 amide bonds. The smallest absolute Gasteiger partial charge is 0.278 e. The molecule has 1 atom stereocenters. The Kier molecular flexibility index (Phi) is 1.59.